The summed E-state index contributed by atoms with van der Waals surface area (Å²) < 4.78 is 6.59. The number of aliphatic hydroxyl groups is 2. The largest absolute Gasteiger partial charge is 0.489 e. The maximum Gasteiger partial charge on any atom is 0.123 e. The summed E-state index contributed by atoms with van der Waals surface area (Å²) in [5, 5.41) is 20.4. The summed E-state index contributed by atoms with van der Waals surface area (Å²) in [5.41, 5.74) is 3.81. The van der Waals surface area contributed by atoms with E-state index in [0.29, 0.717) is 18.4 Å². The van der Waals surface area contributed by atoms with Crippen LogP contribution in [-0.4, -0.2) is 22.9 Å². The molecule has 0 spiro atoms. The lowest BCUT2D eigenvalue weighted by molar-refractivity contribution is 0.146. The summed E-state index contributed by atoms with van der Waals surface area (Å²) in [6.45, 7) is 10.1. The van der Waals surface area contributed by atoms with Crippen molar-refractivity contribution in [3.63, 3.8) is 0 Å². The predicted molar refractivity (Wildman–Crippen MR) is 151 cm³/mol. The van der Waals surface area contributed by atoms with Gasteiger partial charge < -0.3 is 14.9 Å². The highest BCUT2D eigenvalue weighted by molar-refractivity contribution is 5.43. The van der Waals surface area contributed by atoms with E-state index in [9.17, 15) is 10.2 Å². The monoisotopic (exact) mass is 494 g/mol. The van der Waals surface area contributed by atoms with Gasteiger partial charge >= 0.3 is 0 Å². The van der Waals surface area contributed by atoms with Crippen LogP contribution in [0, 0.1) is 11.8 Å². The second-order valence-electron chi connectivity index (χ2n) is 11.8. The van der Waals surface area contributed by atoms with Gasteiger partial charge in [0, 0.05) is 6.61 Å². The van der Waals surface area contributed by atoms with Gasteiger partial charge in [0.1, 0.15) is 12.4 Å². The lowest BCUT2D eigenvalue weighted by Gasteiger charge is -2.33. The molecule has 0 saturated heterocycles. The van der Waals surface area contributed by atoms with Crippen molar-refractivity contribution in [3.8, 4) is 5.75 Å². The third-order valence-electron chi connectivity index (χ3n) is 8.51. The molecule has 0 amide bonds. The van der Waals surface area contributed by atoms with Crippen LogP contribution < -0.4 is 4.74 Å². The summed E-state index contributed by atoms with van der Waals surface area (Å²) >= 11 is 0. The standard InChI is InChI=1S/C33H50O3/c1-5-6-7-11-20-33(3,4)27-17-19-30(32(22-27)36-24-26-13-9-8-10-14-26)31-23-28(35)18-16-25(2)29(31)15-12-21-34/h8-10,13-14,17,19,22,25,28-29,31,34-35H,5-7,11-12,15-16,18,20-21,23-24H2,1-4H3/t25-,28+,29+,31+/m0/s1. The number of aliphatic hydroxyl groups excluding tert-OH is 2. The zero-order valence-corrected chi connectivity index (χ0v) is 23.2. The Labute approximate surface area is 220 Å². The molecule has 3 heteroatoms. The maximum atomic E-state index is 10.8. The smallest absolute Gasteiger partial charge is 0.123 e. The van der Waals surface area contributed by atoms with Crippen LogP contribution in [0.2, 0.25) is 0 Å². The average molecular weight is 495 g/mol. The quantitative estimate of drug-likeness (QED) is 0.218. The SMILES string of the molecule is CCCCCCC(C)(C)c1ccc([C@@H]2C[C@H](O)CC[C@H](C)[C@H]2CCCO)c(OCc2ccccc2)c1. The Bertz CT molecular complexity index is 891. The zero-order chi connectivity index (χ0) is 26.0. The Hall–Kier alpha value is -1.84. The van der Waals surface area contributed by atoms with Crippen molar-refractivity contribution in [2.45, 2.75) is 116 Å². The normalized spacial score (nSPS) is 22.8. The summed E-state index contributed by atoms with van der Waals surface area (Å²) in [5.74, 6) is 2.14. The third kappa shape index (κ3) is 8.08. The minimum absolute atomic E-state index is 0.0870. The minimum atomic E-state index is -0.284. The van der Waals surface area contributed by atoms with E-state index in [2.05, 4.69) is 70.2 Å². The zero-order valence-electron chi connectivity index (χ0n) is 23.2. The van der Waals surface area contributed by atoms with Crippen LogP contribution in [0.3, 0.4) is 0 Å². The van der Waals surface area contributed by atoms with Crippen LogP contribution in [0.1, 0.15) is 115 Å². The molecule has 1 saturated carbocycles. The van der Waals surface area contributed by atoms with Gasteiger partial charge in [-0.2, -0.15) is 0 Å². The van der Waals surface area contributed by atoms with E-state index in [1.54, 1.807) is 0 Å². The molecule has 0 unspecified atom stereocenters. The molecule has 2 N–H and O–H groups in total. The van der Waals surface area contributed by atoms with Gasteiger partial charge in [0.2, 0.25) is 0 Å². The van der Waals surface area contributed by atoms with E-state index < -0.39 is 0 Å². The number of ether oxygens (including phenoxy) is 1. The van der Waals surface area contributed by atoms with Crippen molar-refractivity contribution in [3.05, 3.63) is 65.2 Å². The Balaban J connectivity index is 1.95. The highest BCUT2D eigenvalue weighted by Gasteiger charge is 2.35. The van der Waals surface area contributed by atoms with Crippen LogP contribution in [0.15, 0.2) is 48.5 Å². The molecule has 0 radical (unpaired) electrons. The second-order valence-corrected chi connectivity index (χ2v) is 11.8. The van der Waals surface area contributed by atoms with Gasteiger partial charge in [0.05, 0.1) is 6.10 Å². The van der Waals surface area contributed by atoms with Crippen LogP contribution in [0.5, 0.6) is 5.75 Å². The van der Waals surface area contributed by atoms with E-state index in [1.165, 1.54) is 48.8 Å². The Morgan fingerprint density at radius 3 is 2.47 bits per heavy atom. The van der Waals surface area contributed by atoms with Crippen molar-refractivity contribution in [2.24, 2.45) is 11.8 Å². The van der Waals surface area contributed by atoms with Crippen molar-refractivity contribution < 1.29 is 14.9 Å². The first-order chi connectivity index (χ1) is 17.4. The van der Waals surface area contributed by atoms with Crippen LogP contribution in [0.25, 0.3) is 0 Å². The molecule has 1 fully saturated rings. The Kier molecular flexibility index (Phi) is 11.3. The summed E-state index contributed by atoms with van der Waals surface area (Å²) in [6.07, 6.45) is 10.4. The Morgan fingerprint density at radius 1 is 0.972 bits per heavy atom. The molecule has 36 heavy (non-hydrogen) atoms. The molecule has 0 aromatic heterocycles. The van der Waals surface area contributed by atoms with E-state index in [0.717, 1.165) is 37.9 Å². The average Bonchev–Trinajstić information content (AvgIpc) is 3.02. The topological polar surface area (TPSA) is 49.7 Å². The van der Waals surface area contributed by atoms with Gasteiger partial charge in [-0.15, -0.1) is 0 Å². The summed E-state index contributed by atoms with van der Waals surface area (Å²) in [4.78, 5) is 0. The van der Waals surface area contributed by atoms with Gasteiger partial charge in [-0.25, -0.2) is 0 Å². The molecule has 200 valence electrons. The molecular formula is C33H50O3. The first-order valence-electron chi connectivity index (χ1n) is 14.5. The lowest BCUT2D eigenvalue weighted by Crippen LogP contribution is -2.22. The van der Waals surface area contributed by atoms with Gasteiger partial charge in [-0.3, -0.25) is 0 Å². The fourth-order valence-corrected chi connectivity index (χ4v) is 6.08. The first kappa shape index (κ1) is 28.7. The molecule has 0 bridgehead atoms. The molecule has 2 aromatic rings. The molecule has 3 nitrogen and oxygen atoms in total. The van der Waals surface area contributed by atoms with E-state index >= 15 is 0 Å². The molecule has 3 rings (SSSR count). The van der Waals surface area contributed by atoms with Crippen molar-refractivity contribution in [2.75, 3.05) is 6.61 Å². The molecule has 0 aliphatic heterocycles. The minimum Gasteiger partial charge on any atom is -0.489 e. The molecule has 2 aromatic carbocycles. The van der Waals surface area contributed by atoms with E-state index in [4.69, 9.17) is 4.74 Å². The van der Waals surface area contributed by atoms with Crippen LogP contribution in [0.4, 0.5) is 0 Å². The predicted octanol–water partition coefficient (Wildman–Crippen LogP) is 8.17. The Morgan fingerprint density at radius 2 is 1.75 bits per heavy atom. The second kappa shape index (κ2) is 14.2. The van der Waals surface area contributed by atoms with Gasteiger partial charge in [-0.05, 0) is 84.5 Å². The van der Waals surface area contributed by atoms with E-state index in [-0.39, 0.29) is 24.0 Å². The number of rotatable bonds is 13. The lowest BCUT2D eigenvalue weighted by atomic mass is 9.73. The molecular weight excluding hydrogens is 444 g/mol. The number of hydrogen-bond acceptors (Lipinski definition) is 3. The fraction of sp³-hybridized carbons (Fsp3) is 0.636. The fourth-order valence-electron chi connectivity index (χ4n) is 6.08. The van der Waals surface area contributed by atoms with Gasteiger partial charge in [-0.1, -0.05) is 95.8 Å². The van der Waals surface area contributed by atoms with Crippen molar-refractivity contribution in [1.82, 2.24) is 0 Å². The third-order valence-corrected chi connectivity index (χ3v) is 8.51. The highest BCUT2D eigenvalue weighted by Crippen LogP contribution is 2.46. The number of hydrogen-bond donors (Lipinski definition) is 2. The van der Waals surface area contributed by atoms with Crippen molar-refractivity contribution in [1.29, 1.82) is 0 Å². The maximum absolute atomic E-state index is 10.8. The van der Waals surface area contributed by atoms with E-state index in [1.807, 2.05) is 6.07 Å². The van der Waals surface area contributed by atoms with Crippen LogP contribution in [-0.2, 0) is 12.0 Å². The highest BCUT2D eigenvalue weighted by atomic mass is 16.5. The molecule has 4 atom stereocenters. The van der Waals surface area contributed by atoms with Gasteiger partial charge in [0.15, 0.2) is 0 Å². The summed E-state index contributed by atoms with van der Waals surface area (Å²) in [7, 11) is 0. The van der Waals surface area contributed by atoms with Gasteiger partial charge in [0.25, 0.3) is 0 Å². The van der Waals surface area contributed by atoms with Crippen LogP contribution >= 0.6 is 0 Å². The van der Waals surface area contributed by atoms with Crippen molar-refractivity contribution >= 4 is 0 Å². The number of benzene rings is 2. The number of unbranched alkanes of at least 4 members (excludes halogenated alkanes) is 3. The molecule has 1 aliphatic rings. The first-order valence-corrected chi connectivity index (χ1v) is 14.5. The molecule has 0 heterocycles. The summed E-state index contributed by atoms with van der Waals surface area (Å²) in [6, 6.07) is 17.3. The molecule has 1 aliphatic carbocycles.